The molecule has 0 saturated carbocycles. The van der Waals surface area contributed by atoms with Crippen molar-refractivity contribution in [2.24, 2.45) is 0 Å². The summed E-state index contributed by atoms with van der Waals surface area (Å²) in [4.78, 5) is 24.5. The van der Waals surface area contributed by atoms with Crippen molar-refractivity contribution in [2.75, 3.05) is 5.75 Å². The fourth-order valence-electron chi connectivity index (χ4n) is 4.13. The van der Waals surface area contributed by atoms with Gasteiger partial charge in [-0.25, -0.2) is 14.4 Å². The Balaban J connectivity index is 1.42. The fourth-order valence-corrected chi connectivity index (χ4v) is 6.38. The number of ketones is 1. The molecule has 0 aliphatic rings. The van der Waals surface area contributed by atoms with Gasteiger partial charge < -0.3 is 4.57 Å². The normalized spacial score (nSPS) is 11.3. The summed E-state index contributed by atoms with van der Waals surface area (Å²) in [5, 5.41) is 1.81. The minimum absolute atomic E-state index is 0.00508. The molecule has 176 valence electrons. The van der Waals surface area contributed by atoms with Crippen LogP contribution in [0.5, 0.6) is 0 Å². The highest BCUT2D eigenvalue weighted by Crippen LogP contribution is 2.37. The molecule has 0 unspecified atom stereocenters. The van der Waals surface area contributed by atoms with E-state index < -0.39 is 5.82 Å². The molecule has 0 N–H and O–H groups in total. The molecule has 35 heavy (non-hydrogen) atoms. The van der Waals surface area contributed by atoms with Gasteiger partial charge in [-0.1, -0.05) is 53.7 Å². The zero-order valence-electron chi connectivity index (χ0n) is 19.3. The van der Waals surface area contributed by atoms with E-state index in [-0.39, 0.29) is 16.6 Å². The lowest BCUT2D eigenvalue weighted by molar-refractivity contribution is 0.102. The number of nitrogens with zero attached hydrogens (tertiary/aromatic N) is 3. The Morgan fingerprint density at radius 1 is 1.06 bits per heavy atom. The van der Waals surface area contributed by atoms with Gasteiger partial charge in [0.25, 0.3) is 0 Å². The first kappa shape index (κ1) is 23.7. The van der Waals surface area contributed by atoms with E-state index in [9.17, 15) is 9.18 Å². The van der Waals surface area contributed by atoms with Crippen LogP contribution in [0.4, 0.5) is 4.39 Å². The Morgan fingerprint density at radius 3 is 2.57 bits per heavy atom. The van der Waals surface area contributed by atoms with Crippen LogP contribution in [0.3, 0.4) is 0 Å². The van der Waals surface area contributed by atoms with E-state index in [1.54, 1.807) is 23.5 Å². The van der Waals surface area contributed by atoms with Crippen molar-refractivity contribution < 1.29 is 9.18 Å². The van der Waals surface area contributed by atoms with Gasteiger partial charge in [0.05, 0.1) is 10.8 Å². The SMILES string of the molecule is Cc1nc(SCC(=O)c2cc(C)n(-c3ccc(F)c(Cl)c3)c2C)c2cc(-c3ccccc3)sc2n1. The van der Waals surface area contributed by atoms with Gasteiger partial charge in [-0.05, 0) is 56.7 Å². The number of hydrogen-bond donors (Lipinski definition) is 0. The molecule has 0 fully saturated rings. The van der Waals surface area contributed by atoms with Gasteiger partial charge in [0.1, 0.15) is 21.5 Å². The quantitative estimate of drug-likeness (QED) is 0.130. The summed E-state index contributed by atoms with van der Waals surface area (Å²) in [6, 6.07) is 18.7. The van der Waals surface area contributed by atoms with Gasteiger partial charge in [0, 0.05) is 32.9 Å². The molecule has 0 radical (unpaired) electrons. The van der Waals surface area contributed by atoms with Gasteiger partial charge in [-0.3, -0.25) is 4.79 Å². The molecule has 4 nitrogen and oxygen atoms in total. The van der Waals surface area contributed by atoms with Gasteiger partial charge in [0.2, 0.25) is 0 Å². The van der Waals surface area contributed by atoms with Crippen LogP contribution in [0.15, 0.2) is 65.7 Å². The predicted octanol–water partition coefficient (Wildman–Crippen LogP) is 7.84. The molecule has 0 saturated heterocycles. The number of carbonyl (C=O) groups excluding carboxylic acids is 1. The molecule has 0 amide bonds. The third-order valence-electron chi connectivity index (χ3n) is 5.76. The summed E-state index contributed by atoms with van der Waals surface area (Å²) in [5.74, 6) is 0.461. The number of carbonyl (C=O) groups is 1. The molecule has 0 aliphatic carbocycles. The molecule has 0 aliphatic heterocycles. The van der Waals surface area contributed by atoms with Crippen molar-refractivity contribution in [3.63, 3.8) is 0 Å². The van der Waals surface area contributed by atoms with Crippen LogP contribution < -0.4 is 0 Å². The van der Waals surface area contributed by atoms with Crippen LogP contribution in [0, 0.1) is 26.6 Å². The molecule has 8 heteroatoms. The van der Waals surface area contributed by atoms with Crippen LogP contribution in [-0.4, -0.2) is 26.1 Å². The molecule has 5 rings (SSSR count). The highest BCUT2D eigenvalue weighted by atomic mass is 35.5. The minimum Gasteiger partial charge on any atom is -0.318 e. The summed E-state index contributed by atoms with van der Waals surface area (Å²) in [7, 11) is 0. The van der Waals surface area contributed by atoms with Crippen LogP contribution in [0.2, 0.25) is 5.02 Å². The Morgan fingerprint density at radius 2 is 1.83 bits per heavy atom. The second-order valence-electron chi connectivity index (χ2n) is 8.20. The summed E-state index contributed by atoms with van der Waals surface area (Å²) in [5.41, 5.74) is 4.16. The smallest absolute Gasteiger partial charge is 0.174 e. The number of rotatable bonds is 6. The largest absolute Gasteiger partial charge is 0.318 e. The second kappa shape index (κ2) is 9.57. The third-order valence-corrected chi connectivity index (χ3v) is 8.12. The fraction of sp³-hybridized carbons (Fsp3) is 0.148. The predicted molar refractivity (Wildman–Crippen MR) is 143 cm³/mol. The molecular weight excluding hydrogens is 501 g/mol. The van der Waals surface area contributed by atoms with E-state index in [4.69, 9.17) is 11.6 Å². The van der Waals surface area contributed by atoms with Gasteiger partial charge >= 0.3 is 0 Å². The van der Waals surface area contributed by atoms with E-state index in [0.717, 1.165) is 42.8 Å². The summed E-state index contributed by atoms with van der Waals surface area (Å²) in [6.07, 6.45) is 0. The van der Waals surface area contributed by atoms with E-state index in [2.05, 4.69) is 28.2 Å². The molecular formula is C27H21ClFN3OS2. The number of fused-ring (bicyclic) bond motifs is 1. The Labute approximate surface area is 215 Å². The van der Waals surface area contributed by atoms with Gasteiger partial charge in [0.15, 0.2) is 5.78 Å². The number of thioether (sulfide) groups is 1. The number of hydrogen-bond acceptors (Lipinski definition) is 5. The van der Waals surface area contributed by atoms with Crippen LogP contribution >= 0.6 is 34.7 Å². The first-order chi connectivity index (χ1) is 16.8. The van der Waals surface area contributed by atoms with Crippen molar-refractivity contribution in [1.29, 1.82) is 0 Å². The van der Waals surface area contributed by atoms with E-state index >= 15 is 0 Å². The summed E-state index contributed by atoms with van der Waals surface area (Å²) < 4.78 is 15.6. The topological polar surface area (TPSA) is 47.8 Å². The minimum atomic E-state index is -0.471. The molecule has 0 atom stereocenters. The number of benzene rings is 2. The lowest BCUT2D eigenvalue weighted by Crippen LogP contribution is -2.06. The van der Waals surface area contributed by atoms with Crippen LogP contribution in [0.25, 0.3) is 26.3 Å². The maximum Gasteiger partial charge on any atom is 0.174 e. The molecule has 3 heterocycles. The van der Waals surface area contributed by atoms with Crippen molar-refractivity contribution in [3.05, 3.63) is 94.3 Å². The number of thiophene rings is 1. The number of halogens is 2. The lowest BCUT2D eigenvalue weighted by Gasteiger charge is -2.10. The Bertz CT molecular complexity index is 1580. The maximum atomic E-state index is 13.6. The Hall–Kier alpha value is -3.00. The van der Waals surface area contributed by atoms with E-state index in [1.165, 1.54) is 17.8 Å². The molecule has 3 aromatic heterocycles. The lowest BCUT2D eigenvalue weighted by atomic mass is 10.2. The molecule has 2 aromatic carbocycles. The zero-order chi connectivity index (χ0) is 24.7. The van der Waals surface area contributed by atoms with Crippen LogP contribution in [0.1, 0.15) is 27.6 Å². The van der Waals surface area contributed by atoms with Crippen LogP contribution in [-0.2, 0) is 0 Å². The third kappa shape index (κ3) is 4.63. The standard InChI is InChI=1S/C27H21ClFN3OS2/c1-15-11-20(16(2)32(15)19-9-10-23(29)22(28)12-19)24(33)14-34-26-21-13-25(18-7-5-4-6-8-18)35-27(21)31-17(3)30-26/h4-13H,14H2,1-3H3. The van der Waals surface area contributed by atoms with Crippen molar-refractivity contribution in [3.8, 4) is 16.1 Å². The van der Waals surface area contributed by atoms with Crippen molar-refractivity contribution in [2.45, 2.75) is 25.8 Å². The number of Topliss-reactive ketones (excluding diaryl/α,β-unsaturated/α-hetero) is 1. The molecule has 0 spiro atoms. The number of aryl methyl sites for hydroxylation is 2. The second-order valence-corrected chi connectivity index (χ2v) is 10.6. The average molecular weight is 522 g/mol. The van der Waals surface area contributed by atoms with E-state index in [1.807, 2.05) is 49.6 Å². The maximum absolute atomic E-state index is 13.6. The van der Waals surface area contributed by atoms with Crippen molar-refractivity contribution in [1.82, 2.24) is 14.5 Å². The average Bonchev–Trinajstić information content (AvgIpc) is 3.40. The van der Waals surface area contributed by atoms with Gasteiger partial charge in [-0.2, -0.15) is 0 Å². The zero-order valence-corrected chi connectivity index (χ0v) is 21.7. The highest BCUT2D eigenvalue weighted by Gasteiger charge is 2.19. The monoisotopic (exact) mass is 521 g/mol. The van der Waals surface area contributed by atoms with Gasteiger partial charge in [-0.15, -0.1) is 11.3 Å². The first-order valence-electron chi connectivity index (χ1n) is 11.0. The molecule has 5 aromatic rings. The highest BCUT2D eigenvalue weighted by molar-refractivity contribution is 8.00. The first-order valence-corrected chi connectivity index (χ1v) is 13.1. The summed E-state index contributed by atoms with van der Waals surface area (Å²) >= 11 is 9.04. The molecule has 0 bridgehead atoms. The van der Waals surface area contributed by atoms with E-state index in [0.29, 0.717) is 11.4 Å². The Kier molecular flexibility index (Phi) is 6.49. The van der Waals surface area contributed by atoms with Crippen molar-refractivity contribution >= 4 is 50.7 Å². The number of aromatic nitrogens is 3. The summed E-state index contributed by atoms with van der Waals surface area (Å²) in [6.45, 7) is 5.68.